The molecule has 0 aromatic carbocycles. The maximum atomic E-state index is 9.63. The molecule has 4 heteroatoms. The molecule has 0 unspecified atom stereocenters. The van der Waals surface area contributed by atoms with Gasteiger partial charge in [-0.1, -0.05) is 0 Å². The van der Waals surface area contributed by atoms with Gasteiger partial charge in [0, 0.05) is 18.3 Å². The fourth-order valence-corrected chi connectivity index (χ4v) is 2.51. The Morgan fingerprint density at radius 1 is 1.29 bits per heavy atom. The van der Waals surface area contributed by atoms with Crippen molar-refractivity contribution in [3.05, 3.63) is 36.7 Å². The highest BCUT2D eigenvalue weighted by Gasteiger charge is 2.16. The Labute approximate surface area is 83.9 Å². The van der Waals surface area contributed by atoms with E-state index in [-0.39, 0.29) is 0 Å². The summed E-state index contributed by atoms with van der Waals surface area (Å²) in [5, 5.41) is 9.63. The van der Waals surface area contributed by atoms with Crippen molar-refractivity contribution in [2.45, 2.75) is 0 Å². The summed E-state index contributed by atoms with van der Waals surface area (Å²) < 4.78 is 1.95. The summed E-state index contributed by atoms with van der Waals surface area (Å²) in [6, 6.07) is 7.39. The number of aromatic hydroxyl groups is 1. The highest BCUT2D eigenvalue weighted by atomic mass is 32.1. The van der Waals surface area contributed by atoms with Crippen LogP contribution >= 0.6 is 11.3 Å². The van der Waals surface area contributed by atoms with Gasteiger partial charge < -0.3 is 5.11 Å². The minimum absolute atomic E-state index is 0.301. The van der Waals surface area contributed by atoms with Gasteiger partial charge >= 0.3 is 4.83 Å². The summed E-state index contributed by atoms with van der Waals surface area (Å²) in [7, 11) is 0. The van der Waals surface area contributed by atoms with Crippen molar-refractivity contribution in [2.75, 3.05) is 0 Å². The molecular weight excluding hydrogens is 196 g/mol. The predicted octanol–water partition coefficient (Wildman–Crippen LogP) is 1.74. The first-order chi connectivity index (χ1) is 6.86. The minimum Gasteiger partial charge on any atom is -0.502 e. The first-order valence-corrected chi connectivity index (χ1v) is 5.05. The number of pyridine rings is 2. The van der Waals surface area contributed by atoms with Crippen molar-refractivity contribution in [1.29, 1.82) is 0 Å². The maximum absolute atomic E-state index is 9.63. The zero-order valence-corrected chi connectivity index (χ0v) is 8.03. The van der Waals surface area contributed by atoms with Gasteiger partial charge in [-0.2, -0.15) is 0 Å². The topological polar surface area (TPSA) is 37.2 Å². The van der Waals surface area contributed by atoms with Crippen LogP contribution in [-0.2, 0) is 0 Å². The number of hydrogen-bond donors (Lipinski definition) is 1. The Morgan fingerprint density at radius 2 is 2.21 bits per heavy atom. The van der Waals surface area contributed by atoms with Gasteiger partial charge in [-0.15, -0.1) is 4.40 Å². The minimum atomic E-state index is 0.301. The van der Waals surface area contributed by atoms with Gasteiger partial charge in [0.25, 0.3) is 0 Å². The van der Waals surface area contributed by atoms with Gasteiger partial charge in [0.2, 0.25) is 11.3 Å². The molecule has 0 atom stereocenters. The fourth-order valence-electron chi connectivity index (χ4n) is 1.51. The summed E-state index contributed by atoms with van der Waals surface area (Å²) in [6.07, 6.45) is 3.69. The van der Waals surface area contributed by atoms with E-state index in [1.807, 2.05) is 28.8 Å². The number of rotatable bonds is 0. The molecule has 0 aliphatic rings. The maximum Gasteiger partial charge on any atom is 0.312 e. The fraction of sp³-hybridized carbons (Fsp3) is 0. The molecule has 3 heterocycles. The lowest BCUT2D eigenvalue weighted by atomic mass is 10.4. The van der Waals surface area contributed by atoms with Crippen molar-refractivity contribution in [3.63, 3.8) is 0 Å². The van der Waals surface area contributed by atoms with Crippen molar-refractivity contribution in [3.8, 4) is 5.75 Å². The predicted molar refractivity (Wildman–Crippen MR) is 54.4 cm³/mol. The van der Waals surface area contributed by atoms with Crippen LogP contribution in [0.15, 0.2) is 36.7 Å². The Kier molecular flexibility index (Phi) is 1.46. The Hall–Kier alpha value is -1.68. The SMILES string of the molecule is Oc1ccc[n+]2c1sc1ncccc12. The van der Waals surface area contributed by atoms with E-state index in [2.05, 4.69) is 4.98 Å². The number of nitrogens with zero attached hydrogens (tertiary/aromatic N) is 2. The third-order valence-corrected chi connectivity index (χ3v) is 3.24. The molecule has 0 bridgehead atoms. The lowest BCUT2D eigenvalue weighted by Gasteiger charge is -1.85. The van der Waals surface area contributed by atoms with Gasteiger partial charge in [0.05, 0.1) is 0 Å². The molecule has 14 heavy (non-hydrogen) atoms. The highest BCUT2D eigenvalue weighted by Crippen LogP contribution is 2.24. The van der Waals surface area contributed by atoms with Gasteiger partial charge in [-0.25, -0.2) is 4.98 Å². The number of hydrogen-bond acceptors (Lipinski definition) is 3. The van der Waals surface area contributed by atoms with Gasteiger partial charge in [-0.3, -0.25) is 0 Å². The molecule has 0 aliphatic heterocycles. The molecular formula is C10H7N2OS+. The van der Waals surface area contributed by atoms with Crippen LogP contribution in [0, 0.1) is 0 Å². The zero-order chi connectivity index (χ0) is 9.54. The highest BCUT2D eigenvalue weighted by molar-refractivity contribution is 7.23. The van der Waals surface area contributed by atoms with Crippen LogP contribution in [0.5, 0.6) is 5.75 Å². The normalized spacial score (nSPS) is 11.1. The second kappa shape index (κ2) is 2.65. The van der Waals surface area contributed by atoms with Crippen molar-refractivity contribution in [2.24, 2.45) is 0 Å². The summed E-state index contributed by atoms with van der Waals surface area (Å²) >= 11 is 1.49. The van der Waals surface area contributed by atoms with Crippen LogP contribution < -0.4 is 4.40 Å². The molecule has 0 aliphatic carbocycles. The quantitative estimate of drug-likeness (QED) is 0.565. The molecule has 0 saturated carbocycles. The van der Waals surface area contributed by atoms with Crippen molar-refractivity contribution < 1.29 is 9.51 Å². The first-order valence-electron chi connectivity index (χ1n) is 4.23. The largest absolute Gasteiger partial charge is 0.502 e. The van der Waals surface area contributed by atoms with E-state index in [9.17, 15) is 5.11 Å². The summed E-state index contributed by atoms with van der Waals surface area (Å²) in [5.41, 5.74) is 1.03. The van der Waals surface area contributed by atoms with E-state index in [1.165, 1.54) is 11.3 Å². The number of fused-ring (bicyclic) bond motifs is 3. The molecule has 0 spiro atoms. The third-order valence-electron chi connectivity index (χ3n) is 2.13. The molecule has 3 aromatic heterocycles. The van der Waals surface area contributed by atoms with Crippen LogP contribution in [0.2, 0.25) is 0 Å². The van der Waals surface area contributed by atoms with E-state index >= 15 is 0 Å². The van der Waals surface area contributed by atoms with Crippen LogP contribution in [0.25, 0.3) is 15.2 Å². The second-order valence-corrected chi connectivity index (χ2v) is 3.98. The van der Waals surface area contributed by atoms with Crippen molar-refractivity contribution >= 4 is 26.5 Å². The number of aromatic nitrogens is 2. The average Bonchev–Trinajstić information content (AvgIpc) is 2.59. The molecule has 3 aromatic rings. The molecule has 68 valence electrons. The second-order valence-electron chi connectivity index (χ2n) is 3.00. The monoisotopic (exact) mass is 203 g/mol. The zero-order valence-electron chi connectivity index (χ0n) is 7.21. The van der Waals surface area contributed by atoms with Crippen LogP contribution in [0.3, 0.4) is 0 Å². The molecule has 3 nitrogen and oxygen atoms in total. The lowest BCUT2D eigenvalue weighted by Crippen LogP contribution is -2.17. The standard InChI is InChI=1S/C10H6N2OS/c13-8-4-2-6-12-7-3-1-5-11-9(7)14-10(8)12/h1-6H/p+1. The molecule has 0 fully saturated rings. The van der Waals surface area contributed by atoms with Gasteiger partial charge in [0.15, 0.2) is 11.0 Å². The summed E-state index contributed by atoms with van der Waals surface area (Å²) in [6.45, 7) is 0. The van der Waals surface area contributed by atoms with Gasteiger partial charge in [0.1, 0.15) is 0 Å². The molecule has 0 radical (unpaired) electrons. The Morgan fingerprint density at radius 3 is 3.14 bits per heavy atom. The molecule has 0 saturated heterocycles. The third kappa shape index (κ3) is 0.914. The average molecular weight is 203 g/mol. The van der Waals surface area contributed by atoms with E-state index in [1.54, 1.807) is 12.3 Å². The molecule has 3 rings (SSSR count). The molecule has 0 amide bonds. The summed E-state index contributed by atoms with van der Waals surface area (Å²) in [5.74, 6) is 0.301. The Bertz CT molecular complexity index is 618. The Balaban J connectivity index is 2.63. The van der Waals surface area contributed by atoms with E-state index in [4.69, 9.17) is 0 Å². The van der Waals surface area contributed by atoms with Crippen LogP contribution in [-0.4, -0.2) is 10.1 Å². The van der Waals surface area contributed by atoms with E-state index in [0.29, 0.717) is 5.75 Å². The smallest absolute Gasteiger partial charge is 0.312 e. The van der Waals surface area contributed by atoms with Gasteiger partial charge in [-0.05, 0) is 23.5 Å². The number of thiazole rings is 1. The van der Waals surface area contributed by atoms with Crippen molar-refractivity contribution in [1.82, 2.24) is 4.98 Å². The van der Waals surface area contributed by atoms with Crippen LogP contribution in [0.4, 0.5) is 0 Å². The van der Waals surface area contributed by atoms with E-state index < -0.39 is 0 Å². The lowest BCUT2D eigenvalue weighted by molar-refractivity contribution is -0.478. The first kappa shape index (κ1) is 7.70. The van der Waals surface area contributed by atoms with E-state index in [0.717, 1.165) is 15.2 Å². The molecule has 1 N–H and O–H groups in total. The van der Waals surface area contributed by atoms with Crippen LogP contribution in [0.1, 0.15) is 0 Å². The summed E-state index contributed by atoms with van der Waals surface area (Å²) in [4.78, 5) is 6.02.